The molecule has 3 N–H and O–H groups in total. The van der Waals surface area contributed by atoms with E-state index < -0.39 is 11.7 Å². The van der Waals surface area contributed by atoms with E-state index in [1.165, 1.54) is 6.07 Å². The van der Waals surface area contributed by atoms with E-state index in [9.17, 15) is 18.0 Å². The van der Waals surface area contributed by atoms with Crippen LogP contribution in [-0.4, -0.2) is 18.5 Å². The van der Waals surface area contributed by atoms with Gasteiger partial charge in [-0.05, 0) is 36.3 Å². The normalized spacial score (nSPS) is 17.1. The van der Waals surface area contributed by atoms with Gasteiger partial charge in [0.15, 0.2) is 0 Å². The zero-order chi connectivity index (χ0) is 16.3. The highest BCUT2D eigenvalue weighted by Gasteiger charge is 2.32. The molecule has 1 saturated carbocycles. The summed E-state index contributed by atoms with van der Waals surface area (Å²) < 4.78 is 38.1. The lowest BCUT2D eigenvalue weighted by molar-refractivity contribution is -0.137. The predicted octanol–water partition coefficient (Wildman–Crippen LogP) is 3.47. The molecule has 0 heterocycles. The number of hydrogen-bond acceptors (Lipinski definition) is 2. The van der Waals surface area contributed by atoms with Gasteiger partial charge in [-0.25, -0.2) is 0 Å². The third-order valence-electron chi connectivity index (χ3n) is 4.07. The van der Waals surface area contributed by atoms with Crippen LogP contribution in [0, 0.1) is 5.92 Å². The number of alkyl halides is 3. The van der Waals surface area contributed by atoms with Crippen molar-refractivity contribution in [2.45, 2.75) is 44.3 Å². The third kappa shape index (κ3) is 5.70. The van der Waals surface area contributed by atoms with Gasteiger partial charge in [0, 0.05) is 19.0 Å². The molecule has 2 atom stereocenters. The van der Waals surface area contributed by atoms with Crippen molar-refractivity contribution in [3.8, 4) is 0 Å². The van der Waals surface area contributed by atoms with Crippen LogP contribution in [0.25, 0.3) is 0 Å². The highest BCUT2D eigenvalue weighted by Crippen LogP contribution is 2.33. The lowest BCUT2D eigenvalue weighted by Crippen LogP contribution is -2.42. The van der Waals surface area contributed by atoms with E-state index in [-0.39, 0.29) is 36.7 Å². The molecule has 1 aromatic carbocycles. The van der Waals surface area contributed by atoms with E-state index in [1.54, 1.807) is 13.0 Å². The molecule has 1 aliphatic carbocycles. The van der Waals surface area contributed by atoms with Gasteiger partial charge in [-0.2, -0.15) is 13.2 Å². The van der Waals surface area contributed by atoms with Crippen molar-refractivity contribution in [2.24, 2.45) is 11.7 Å². The molecule has 0 spiro atoms. The topological polar surface area (TPSA) is 55.1 Å². The summed E-state index contributed by atoms with van der Waals surface area (Å²) in [4.78, 5) is 12.0. The Labute approximate surface area is 140 Å². The van der Waals surface area contributed by atoms with Crippen LogP contribution in [0.2, 0.25) is 0 Å². The summed E-state index contributed by atoms with van der Waals surface area (Å²) in [6, 6.07) is 5.13. The molecule has 1 fully saturated rings. The van der Waals surface area contributed by atoms with E-state index in [0.717, 1.165) is 25.0 Å². The highest BCUT2D eigenvalue weighted by atomic mass is 35.5. The first-order chi connectivity index (χ1) is 10.3. The lowest BCUT2D eigenvalue weighted by Gasteiger charge is -2.18. The predicted molar refractivity (Wildman–Crippen MR) is 85.4 cm³/mol. The molecule has 1 amide bonds. The Balaban J connectivity index is 0.00000264. The van der Waals surface area contributed by atoms with Crippen LogP contribution in [0.4, 0.5) is 13.2 Å². The number of carbonyl (C=O) groups excluding carboxylic acids is 1. The van der Waals surface area contributed by atoms with Crippen molar-refractivity contribution < 1.29 is 18.0 Å². The molecular weight excluding hydrogens is 329 g/mol. The molecule has 0 radical (unpaired) electrons. The second-order valence-electron chi connectivity index (χ2n) is 5.98. The molecule has 7 heteroatoms. The van der Waals surface area contributed by atoms with Crippen LogP contribution in [0.5, 0.6) is 0 Å². The minimum atomic E-state index is -4.37. The minimum Gasteiger partial charge on any atom is -0.352 e. The Hall–Kier alpha value is -1.27. The molecule has 3 nitrogen and oxygen atoms in total. The Bertz CT molecular complexity index is 532. The molecule has 23 heavy (non-hydrogen) atoms. The summed E-state index contributed by atoms with van der Waals surface area (Å²) >= 11 is 0. The standard InChI is InChI=1S/C16H21F3N2O.ClH/c1-10(7-15(22)21-14(9-20)11-5-6-11)12-3-2-4-13(8-12)16(17,18)19;/h2-4,8,10-11,14H,5-7,9,20H2,1H3,(H,21,22);1H. The Morgan fingerprint density at radius 1 is 1.39 bits per heavy atom. The number of carbonyl (C=O) groups is 1. The first-order valence-electron chi connectivity index (χ1n) is 7.48. The molecule has 2 unspecified atom stereocenters. The van der Waals surface area contributed by atoms with Crippen LogP contribution in [0.3, 0.4) is 0 Å². The van der Waals surface area contributed by atoms with Gasteiger partial charge in [0.2, 0.25) is 5.91 Å². The van der Waals surface area contributed by atoms with E-state index in [0.29, 0.717) is 18.0 Å². The van der Waals surface area contributed by atoms with Gasteiger partial charge >= 0.3 is 6.18 Å². The number of rotatable bonds is 6. The summed E-state index contributed by atoms with van der Waals surface area (Å²) in [5, 5.41) is 2.89. The third-order valence-corrected chi connectivity index (χ3v) is 4.07. The van der Waals surface area contributed by atoms with Crippen molar-refractivity contribution >= 4 is 18.3 Å². The van der Waals surface area contributed by atoms with Gasteiger partial charge in [0.05, 0.1) is 5.56 Å². The second kappa shape index (κ2) is 8.02. The Morgan fingerprint density at radius 3 is 2.57 bits per heavy atom. The SMILES string of the molecule is CC(CC(=O)NC(CN)C1CC1)c1cccc(C(F)(F)F)c1.Cl. The van der Waals surface area contributed by atoms with Gasteiger partial charge in [-0.3, -0.25) is 4.79 Å². The maximum absolute atomic E-state index is 12.7. The lowest BCUT2D eigenvalue weighted by atomic mass is 9.95. The molecule has 1 aliphatic rings. The number of nitrogens with two attached hydrogens (primary N) is 1. The maximum Gasteiger partial charge on any atom is 0.416 e. The quantitative estimate of drug-likeness (QED) is 0.825. The molecule has 0 saturated heterocycles. The fourth-order valence-electron chi connectivity index (χ4n) is 2.55. The van der Waals surface area contributed by atoms with Crippen LogP contribution >= 0.6 is 12.4 Å². The fourth-order valence-corrected chi connectivity index (χ4v) is 2.55. The van der Waals surface area contributed by atoms with Crippen molar-refractivity contribution in [1.82, 2.24) is 5.32 Å². The number of benzene rings is 1. The van der Waals surface area contributed by atoms with Gasteiger partial charge in [-0.15, -0.1) is 12.4 Å². The van der Waals surface area contributed by atoms with Crippen LogP contribution in [-0.2, 0) is 11.0 Å². The molecule has 1 aromatic rings. The Kier molecular flexibility index (Phi) is 6.89. The van der Waals surface area contributed by atoms with Gasteiger partial charge in [0.1, 0.15) is 0 Å². The maximum atomic E-state index is 12.7. The monoisotopic (exact) mass is 350 g/mol. The summed E-state index contributed by atoms with van der Waals surface area (Å²) in [5.41, 5.74) is 5.46. The summed E-state index contributed by atoms with van der Waals surface area (Å²) in [6.45, 7) is 2.15. The average molecular weight is 351 g/mol. The van der Waals surface area contributed by atoms with Gasteiger partial charge in [-0.1, -0.05) is 25.1 Å². The molecular formula is C16H22ClF3N2O. The van der Waals surface area contributed by atoms with Gasteiger partial charge < -0.3 is 11.1 Å². The van der Waals surface area contributed by atoms with Gasteiger partial charge in [0.25, 0.3) is 0 Å². The van der Waals surface area contributed by atoms with E-state index in [2.05, 4.69) is 5.32 Å². The summed E-state index contributed by atoms with van der Waals surface area (Å²) in [7, 11) is 0. The van der Waals surface area contributed by atoms with Crippen molar-refractivity contribution in [1.29, 1.82) is 0 Å². The molecule has 0 aliphatic heterocycles. The molecule has 0 aromatic heterocycles. The zero-order valence-electron chi connectivity index (χ0n) is 12.9. The first kappa shape index (κ1) is 19.8. The zero-order valence-corrected chi connectivity index (χ0v) is 13.7. The Morgan fingerprint density at radius 2 is 2.04 bits per heavy atom. The van der Waals surface area contributed by atoms with Crippen LogP contribution in [0.1, 0.15) is 43.2 Å². The largest absolute Gasteiger partial charge is 0.416 e. The second-order valence-corrected chi connectivity index (χ2v) is 5.98. The average Bonchev–Trinajstić information content (AvgIpc) is 3.28. The van der Waals surface area contributed by atoms with Crippen LogP contribution < -0.4 is 11.1 Å². The first-order valence-corrected chi connectivity index (χ1v) is 7.48. The molecule has 0 bridgehead atoms. The number of hydrogen-bond donors (Lipinski definition) is 2. The smallest absolute Gasteiger partial charge is 0.352 e. The highest BCUT2D eigenvalue weighted by molar-refractivity contribution is 5.85. The number of halogens is 4. The summed E-state index contributed by atoms with van der Waals surface area (Å²) in [6.07, 6.45) is -2.06. The van der Waals surface area contributed by atoms with Crippen molar-refractivity contribution in [3.05, 3.63) is 35.4 Å². The fraction of sp³-hybridized carbons (Fsp3) is 0.562. The van der Waals surface area contributed by atoms with Crippen molar-refractivity contribution in [3.63, 3.8) is 0 Å². The molecule has 130 valence electrons. The number of nitrogens with one attached hydrogen (secondary N) is 1. The van der Waals surface area contributed by atoms with Crippen LogP contribution in [0.15, 0.2) is 24.3 Å². The van der Waals surface area contributed by atoms with Crippen molar-refractivity contribution in [2.75, 3.05) is 6.54 Å². The minimum absolute atomic E-state index is 0. The summed E-state index contributed by atoms with van der Waals surface area (Å²) in [5.74, 6) is 0.0185. The van der Waals surface area contributed by atoms with E-state index >= 15 is 0 Å². The molecule has 2 rings (SSSR count). The van der Waals surface area contributed by atoms with E-state index in [1.807, 2.05) is 0 Å². The number of amides is 1. The van der Waals surface area contributed by atoms with E-state index in [4.69, 9.17) is 5.73 Å².